The highest BCUT2D eigenvalue weighted by Crippen LogP contribution is 2.28. The second kappa shape index (κ2) is 5.61. The number of rotatable bonds is 4. The zero-order valence-corrected chi connectivity index (χ0v) is 12.1. The van der Waals surface area contributed by atoms with E-state index in [2.05, 4.69) is 35.4 Å². The Hall–Kier alpha value is -1.91. The molecule has 20 heavy (non-hydrogen) atoms. The van der Waals surface area contributed by atoms with Crippen molar-refractivity contribution in [2.45, 2.75) is 6.92 Å². The summed E-state index contributed by atoms with van der Waals surface area (Å²) in [6.45, 7) is 3.90. The van der Waals surface area contributed by atoms with Gasteiger partial charge in [-0.1, -0.05) is 31.2 Å². The van der Waals surface area contributed by atoms with Gasteiger partial charge < -0.3 is 10.3 Å². The van der Waals surface area contributed by atoms with E-state index in [4.69, 9.17) is 0 Å². The third kappa shape index (κ3) is 2.28. The number of aromatic amines is 1. The number of H-pyrrole nitrogens is 1. The van der Waals surface area contributed by atoms with Crippen LogP contribution in [0.4, 0.5) is 0 Å². The van der Waals surface area contributed by atoms with Gasteiger partial charge in [0.1, 0.15) is 4.70 Å². The Balaban J connectivity index is 2.20. The smallest absolute Gasteiger partial charge is 0.266 e. The molecule has 0 radical (unpaired) electrons. The lowest BCUT2D eigenvalue weighted by Gasteiger charge is -2.04. The SMILES string of the molecule is CCNC/C=C/c1cccc2[nH]c(=O)c3sccc3c12. The second-order valence-corrected chi connectivity index (χ2v) is 5.51. The Kier molecular flexibility index (Phi) is 3.67. The lowest BCUT2D eigenvalue weighted by Crippen LogP contribution is -2.11. The van der Waals surface area contributed by atoms with Crippen LogP contribution in [0.5, 0.6) is 0 Å². The van der Waals surface area contributed by atoms with Crippen LogP contribution in [0.2, 0.25) is 0 Å². The van der Waals surface area contributed by atoms with Crippen LogP contribution in [-0.2, 0) is 0 Å². The third-order valence-electron chi connectivity index (χ3n) is 3.30. The van der Waals surface area contributed by atoms with Crippen molar-refractivity contribution >= 4 is 38.4 Å². The van der Waals surface area contributed by atoms with Crippen molar-refractivity contribution in [3.63, 3.8) is 0 Å². The van der Waals surface area contributed by atoms with E-state index in [-0.39, 0.29) is 5.56 Å². The molecule has 102 valence electrons. The molecule has 0 amide bonds. The molecule has 3 nitrogen and oxygen atoms in total. The van der Waals surface area contributed by atoms with E-state index in [1.54, 1.807) is 0 Å². The minimum atomic E-state index is -0.00345. The topological polar surface area (TPSA) is 44.9 Å². The molecule has 0 bridgehead atoms. The van der Waals surface area contributed by atoms with E-state index in [1.807, 2.05) is 23.6 Å². The number of likely N-dealkylation sites (N-methyl/N-ethyl adjacent to an activating group) is 1. The highest BCUT2D eigenvalue weighted by atomic mass is 32.1. The second-order valence-electron chi connectivity index (χ2n) is 4.60. The van der Waals surface area contributed by atoms with Gasteiger partial charge in [0.05, 0.1) is 0 Å². The van der Waals surface area contributed by atoms with Crippen LogP contribution in [0.15, 0.2) is 40.5 Å². The van der Waals surface area contributed by atoms with Crippen molar-refractivity contribution in [1.29, 1.82) is 0 Å². The molecule has 0 aliphatic carbocycles. The van der Waals surface area contributed by atoms with Gasteiger partial charge in [0.25, 0.3) is 5.56 Å². The number of aromatic nitrogens is 1. The maximum atomic E-state index is 12.0. The average molecular weight is 284 g/mol. The Morgan fingerprint density at radius 2 is 2.25 bits per heavy atom. The van der Waals surface area contributed by atoms with Gasteiger partial charge in [-0.15, -0.1) is 11.3 Å². The van der Waals surface area contributed by atoms with Crippen LogP contribution in [0.25, 0.3) is 27.1 Å². The van der Waals surface area contributed by atoms with E-state index < -0.39 is 0 Å². The Labute approximate surface area is 121 Å². The Morgan fingerprint density at radius 3 is 3.10 bits per heavy atom. The molecule has 3 aromatic rings. The van der Waals surface area contributed by atoms with Gasteiger partial charge in [-0.05, 0) is 29.6 Å². The lowest BCUT2D eigenvalue weighted by molar-refractivity contribution is 0.801. The zero-order valence-electron chi connectivity index (χ0n) is 11.3. The average Bonchev–Trinajstić information content (AvgIpc) is 2.93. The minimum Gasteiger partial charge on any atom is -0.321 e. The first-order valence-corrected chi connectivity index (χ1v) is 7.58. The monoisotopic (exact) mass is 284 g/mol. The summed E-state index contributed by atoms with van der Waals surface area (Å²) in [5, 5.41) is 7.40. The molecule has 0 atom stereocenters. The molecule has 4 heteroatoms. The molecule has 3 rings (SSSR count). The summed E-state index contributed by atoms with van der Waals surface area (Å²) in [5.74, 6) is 0. The van der Waals surface area contributed by atoms with Crippen LogP contribution >= 0.6 is 11.3 Å². The number of benzene rings is 1. The number of hydrogen-bond acceptors (Lipinski definition) is 3. The van der Waals surface area contributed by atoms with E-state index in [9.17, 15) is 4.79 Å². The van der Waals surface area contributed by atoms with E-state index in [0.29, 0.717) is 0 Å². The predicted octanol–water partition coefficient (Wildman–Crippen LogP) is 3.37. The molecule has 0 saturated heterocycles. The van der Waals surface area contributed by atoms with Gasteiger partial charge in [-0.2, -0.15) is 0 Å². The molecule has 0 fully saturated rings. The van der Waals surface area contributed by atoms with Crippen LogP contribution in [0.3, 0.4) is 0 Å². The molecule has 0 aliphatic rings. The van der Waals surface area contributed by atoms with Gasteiger partial charge in [-0.25, -0.2) is 0 Å². The molecule has 0 spiro atoms. The zero-order chi connectivity index (χ0) is 13.9. The number of nitrogens with one attached hydrogen (secondary N) is 2. The van der Waals surface area contributed by atoms with Gasteiger partial charge in [-0.3, -0.25) is 4.79 Å². The van der Waals surface area contributed by atoms with Crippen molar-refractivity contribution in [3.8, 4) is 0 Å². The van der Waals surface area contributed by atoms with Gasteiger partial charge in [0.15, 0.2) is 0 Å². The molecule has 0 saturated carbocycles. The highest BCUT2D eigenvalue weighted by molar-refractivity contribution is 7.17. The maximum absolute atomic E-state index is 12.0. The Morgan fingerprint density at radius 1 is 1.35 bits per heavy atom. The fourth-order valence-electron chi connectivity index (χ4n) is 2.39. The number of pyridine rings is 1. The molecule has 0 aliphatic heterocycles. The number of hydrogen-bond donors (Lipinski definition) is 2. The molecule has 2 aromatic heterocycles. The van der Waals surface area contributed by atoms with Gasteiger partial charge in [0.2, 0.25) is 0 Å². The fraction of sp³-hybridized carbons (Fsp3) is 0.188. The van der Waals surface area contributed by atoms with Crippen LogP contribution in [-0.4, -0.2) is 18.1 Å². The molecule has 1 aromatic carbocycles. The first kappa shape index (κ1) is 13.1. The fourth-order valence-corrected chi connectivity index (χ4v) is 3.18. The largest absolute Gasteiger partial charge is 0.321 e. The van der Waals surface area contributed by atoms with E-state index in [1.165, 1.54) is 11.3 Å². The van der Waals surface area contributed by atoms with E-state index in [0.717, 1.165) is 39.6 Å². The van der Waals surface area contributed by atoms with Crippen LogP contribution in [0, 0.1) is 0 Å². The van der Waals surface area contributed by atoms with Gasteiger partial charge in [0, 0.05) is 22.8 Å². The van der Waals surface area contributed by atoms with Crippen molar-refractivity contribution in [2.24, 2.45) is 0 Å². The van der Waals surface area contributed by atoms with E-state index >= 15 is 0 Å². The first-order chi connectivity index (χ1) is 9.81. The number of thiophene rings is 1. The van der Waals surface area contributed by atoms with Gasteiger partial charge >= 0.3 is 0 Å². The summed E-state index contributed by atoms with van der Waals surface area (Å²) in [4.78, 5) is 15.0. The summed E-state index contributed by atoms with van der Waals surface area (Å²) in [5.41, 5.74) is 2.03. The molecule has 0 unspecified atom stereocenters. The first-order valence-electron chi connectivity index (χ1n) is 6.70. The third-order valence-corrected chi connectivity index (χ3v) is 4.21. The van der Waals surface area contributed by atoms with Crippen molar-refractivity contribution in [2.75, 3.05) is 13.1 Å². The normalized spacial score (nSPS) is 11.8. The van der Waals surface area contributed by atoms with Crippen molar-refractivity contribution in [1.82, 2.24) is 10.3 Å². The number of fused-ring (bicyclic) bond motifs is 3. The summed E-state index contributed by atoms with van der Waals surface area (Å²) in [6.07, 6.45) is 4.22. The molecular weight excluding hydrogens is 268 g/mol. The molecule has 2 heterocycles. The predicted molar refractivity (Wildman–Crippen MR) is 87.5 cm³/mol. The summed E-state index contributed by atoms with van der Waals surface area (Å²) >= 11 is 1.49. The summed E-state index contributed by atoms with van der Waals surface area (Å²) < 4.78 is 0.796. The van der Waals surface area contributed by atoms with Crippen LogP contribution in [0.1, 0.15) is 12.5 Å². The van der Waals surface area contributed by atoms with Crippen molar-refractivity contribution < 1.29 is 0 Å². The lowest BCUT2D eigenvalue weighted by atomic mass is 10.0. The summed E-state index contributed by atoms with van der Waals surface area (Å²) in [6, 6.07) is 8.04. The highest BCUT2D eigenvalue weighted by Gasteiger charge is 2.08. The quantitative estimate of drug-likeness (QED) is 0.722. The van der Waals surface area contributed by atoms with Crippen molar-refractivity contribution in [3.05, 3.63) is 51.6 Å². The summed E-state index contributed by atoms with van der Waals surface area (Å²) in [7, 11) is 0. The maximum Gasteiger partial charge on any atom is 0.266 e. The molecular formula is C16H16N2OS. The molecule has 2 N–H and O–H groups in total. The standard InChI is InChI=1S/C16H16N2OS/c1-2-17-9-4-6-11-5-3-7-13-14(11)12-8-10-20-15(12)16(19)18-13/h3-8,10,17H,2,9H2,1H3,(H,18,19)/b6-4+. The Bertz CT molecular complexity index is 829. The minimum absolute atomic E-state index is 0.00345. The van der Waals surface area contributed by atoms with Crippen LogP contribution < -0.4 is 10.9 Å².